The molecule has 0 bridgehead atoms. The van der Waals surface area contributed by atoms with E-state index in [0.717, 1.165) is 0 Å². The molecule has 1 aromatic rings. The number of ether oxygens (including phenoxy) is 1. The Morgan fingerprint density at radius 2 is 1.90 bits per heavy atom. The first-order chi connectivity index (χ1) is 9.58. The van der Waals surface area contributed by atoms with Crippen LogP contribution in [0.5, 0.6) is 0 Å². The summed E-state index contributed by atoms with van der Waals surface area (Å²) in [5, 5.41) is 8.85. The smallest absolute Gasteiger partial charge is 0.307 e. The summed E-state index contributed by atoms with van der Waals surface area (Å²) >= 11 is 0. The van der Waals surface area contributed by atoms with Gasteiger partial charge in [0, 0.05) is 25.3 Å². The number of carbonyl (C=O) groups is 2. The first kappa shape index (κ1) is 16.1. The normalized spacial score (nSPS) is 10.2. The van der Waals surface area contributed by atoms with Crippen LogP contribution in [-0.4, -0.2) is 48.7 Å². The van der Waals surface area contributed by atoms with Gasteiger partial charge in [0.1, 0.15) is 5.82 Å². The summed E-state index contributed by atoms with van der Waals surface area (Å²) in [4.78, 5) is 24.8. The number of esters is 1. The molecular formula is C14H18FNO4. The summed E-state index contributed by atoms with van der Waals surface area (Å²) in [6.45, 7) is 0.470. The van der Waals surface area contributed by atoms with Crippen LogP contribution < -0.4 is 0 Å². The van der Waals surface area contributed by atoms with Crippen molar-refractivity contribution in [3.63, 3.8) is 0 Å². The van der Waals surface area contributed by atoms with Crippen LogP contribution in [0.25, 0.3) is 0 Å². The van der Waals surface area contributed by atoms with Gasteiger partial charge in [0.15, 0.2) is 0 Å². The molecule has 0 atom stereocenters. The second kappa shape index (κ2) is 8.27. The molecule has 0 aliphatic carbocycles. The van der Waals surface area contributed by atoms with Crippen molar-refractivity contribution in [2.75, 3.05) is 26.8 Å². The Bertz CT molecular complexity index is 447. The molecule has 0 saturated heterocycles. The van der Waals surface area contributed by atoms with Gasteiger partial charge in [-0.15, -0.1) is 0 Å². The van der Waals surface area contributed by atoms with Crippen LogP contribution >= 0.6 is 0 Å². The maximum Gasteiger partial charge on any atom is 0.307 e. The molecule has 0 saturated carbocycles. The fourth-order valence-electron chi connectivity index (χ4n) is 1.68. The van der Waals surface area contributed by atoms with Crippen molar-refractivity contribution in [1.82, 2.24) is 4.90 Å². The summed E-state index contributed by atoms with van der Waals surface area (Å²) < 4.78 is 17.4. The second-order valence-electron chi connectivity index (χ2n) is 4.20. The van der Waals surface area contributed by atoms with Crippen molar-refractivity contribution < 1.29 is 23.8 Å². The highest BCUT2D eigenvalue weighted by atomic mass is 19.1. The van der Waals surface area contributed by atoms with E-state index >= 15 is 0 Å². The number of hydrogen-bond donors (Lipinski definition) is 1. The number of carbonyl (C=O) groups excluding carboxylic acids is 2. The zero-order valence-electron chi connectivity index (χ0n) is 11.3. The highest BCUT2D eigenvalue weighted by Gasteiger charge is 2.16. The number of amides is 1. The minimum atomic E-state index is -0.419. The number of methoxy groups -OCH3 is 1. The third-order valence-electron chi connectivity index (χ3n) is 2.78. The SMILES string of the molecule is COC(=O)CCN(CCCO)C(=O)c1ccc(F)cc1. The van der Waals surface area contributed by atoms with Gasteiger partial charge < -0.3 is 14.7 Å². The lowest BCUT2D eigenvalue weighted by Crippen LogP contribution is -2.34. The van der Waals surface area contributed by atoms with Crippen molar-refractivity contribution >= 4 is 11.9 Å². The second-order valence-corrected chi connectivity index (χ2v) is 4.20. The van der Waals surface area contributed by atoms with Gasteiger partial charge in [-0.25, -0.2) is 4.39 Å². The molecule has 110 valence electrons. The average Bonchev–Trinajstić information content (AvgIpc) is 2.47. The van der Waals surface area contributed by atoms with Crippen LogP contribution in [-0.2, 0) is 9.53 Å². The monoisotopic (exact) mass is 283 g/mol. The molecule has 1 N–H and O–H groups in total. The molecule has 20 heavy (non-hydrogen) atoms. The molecule has 1 aromatic carbocycles. The third kappa shape index (κ3) is 4.97. The topological polar surface area (TPSA) is 66.8 Å². The largest absolute Gasteiger partial charge is 0.469 e. The van der Waals surface area contributed by atoms with Crippen molar-refractivity contribution in [2.45, 2.75) is 12.8 Å². The number of benzene rings is 1. The van der Waals surface area contributed by atoms with Gasteiger partial charge in [-0.2, -0.15) is 0 Å². The van der Waals surface area contributed by atoms with Gasteiger partial charge in [-0.3, -0.25) is 9.59 Å². The van der Waals surface area contributed by atoms with Crippen LogP contribution in [0, 0.1) is 5.82 Å². The van der Waals surface area contributed by atoms with Gasteiger partial charge in [-0.1, -0.05) is 0 Å². The fraction of sp³-hybridized carbons (Fsp3) is 0.429. The van der Waals surface area contributed by atoms with E-state index in [-0.39, 0.29) is 25.5 Å². The molecule has 1 amide bonds. The van der Waals surface area contributed by atoms with E-state index in [1.54, 1.807) is 0 Å². The van der Waals surface area contributed by atoms with Crippen LogP contribution in [0.3, 0.4) is 0 Å². The molecule has 0 aliphatic rings. The van der Waals surface area contributed by atoms with Crippen LogP contribution in [0.4, 0.5) is 4.39 Å². The van der Waals surface area contributed by atoms with Gasteiger partial charge in [0.2, 0.25) is 0 Å². The minimum Gasteiger partial charge on any atom is -0.469 e. The Morgan fingerprint density at radius 3 is 2.45 bits per heavy atom. The van der Waals surface area contributed by atoms with Gasteiger partial charge in [0.25, 0.3) is 5.91 Å². The Labute approximate surface area is 117 Å². The van der Waals surface area contributed by atoms with Crippen molar-refractivity contribution in [1.29, 1.82) is 0 Å². The Morgan fingerprint density at radius 1 is 1.25 bits per heavy atom. The van der Waals surface area contributed by atoms with E-state index in [2.05, 4.69) is 4.74 Å². The lowest BCUT2D eigenvalue weighted by molar-refractivity contribution is -0.140. The van der Waals surface area contributed by atoms with E-state index in [0.29, 0.717) is 18.5 Å². The molecule has 0 heterocycles. The van der Waals surface area contributed by atoms with Gasteiger partial charge >= 0.3 is 5.97 Å². The summed E-state index contributed by atoms with van der Waals surface area (Å²) in [6, 6.07) is 5.19. The molecule has 0 radical (unpaired) electrons. The molecule has 5 nitrogen and oxygen atoms in total. The van der Waals surface area contributed by atoms with E-state index < -0.39 is 11.8 Å². The lowest BCUT2D eigenvalue weighted by atomic mass is 10.2. The van der Waals surface area contributed by atoms with E-state index in [9.17, 15) is 14.0 Å². The highest BCUT2D eigenvalue weighted by Crippen LogP contribution is 2.08. The number of nitrogens with zero attached hydrogens (tertiary/aromatic N) is 1. The number of halogens is 1. The summed E-state index contributed by atoms with van der Waals surface area (Å²) in [5.74, 6) is -1.13. The first-order valence-electron chi connectivity index (χ1n) is 6.31. The third-order valence-corrected chi connectivity index (χ3v) is 2.78. The lowest BCUT2D eigenvalue weighted by Gasteiger charge is -2.22. The highest BCUT2D eigenvalue weighted by molar-refractivity contribution is 5.94. The zero-order chi connectivity index (χ0) is 15.0. The van der Waals surface area contributed by atoms with Crippen molar-refractivity contribution in [2.24, 2.45) is 0 Å². The predicted molar refractivity (Wildman–Crippen MR) is 70.6 cm³/mol. The number of aliphatic hydroxyl groups excluding tert-OH is 1. The molecule has 0 fully saturated rings. The van der Waals surface area contributed by atoms with E-state index in [4.69, 9.17) is 5.11 Å². The van der Waals surface area contributed by atoms with Crippen molar-refractivity contribution in [3.05, 3.63) is 35.6 Å². The molecule has 6 heteroatoms. The zero-order valence-corrected chi connectivity index (χ0v) is 11.3. The van der Waals surface area contributed by atoms with E-state index in [1.165, 1.54) is 36.3 Å². The molecule has 0 spiro atoms. The molecule has 0 unspecified atom stereocenters. The summed E-state index contributed by atoms with van der Waals surface area (Å²) in [5.41, 5.74) is 0.342. The quantitative estimate of drug-likeness (QED) is 0.764. The van der Waals surface area contributed by atoms with E-state index in [1.807, 2.05) is 0 Å². The molecule has 0 aliphatic heterocycles. The minimum absolute atomic E-state index is 0.0502. The maximum absolute atomic E-state index is 12.8. The molecular weight excluding hydrogens is 265 g/mol. The standard InChI is InChI=1S/C14H18FNO4/c1-20-13(18)7-9-16(8-2-10-17)14(19)11-3-5-12(15)6-4-11/h3-6,17H,2,7-10H2,1H3. The van der Waals surface area contributed by atoms with Crippen molar-refractivity contribution in [3.8, 4) is 0 Å². The first-order valence-corrected chi connectivity index (χ1v) is 6.31. The van der Waals surface area contributed by atoms with Crippen LogP contribution in [0.2, 0.25) is 0 Å². The van der Waals surface area contributed by atoms with Crippen LogP contribution in [0.1, 0.15) is 23.2 Å². The Kier molecular flexibility index (Phi) is 6.66. The molecule has 1 rings (SSSR count). The van der Waals surface area contributed by atoms with Gasteiger partial charge in [0.05, 0.1) is 13.5 Å². The summed E-state index contributed by atoms with van der Waals surface area (Å²) in [6.07, 6.45) is 0.489. The predicted octanol–water partition coefficient (Wildman–Crippen LogP) is 1.21. The maximum atomic E-state index is 12.8. The number of aliphatic hydroxyl groups is 1. The number of hydrogen-bond acceptors (Lipinski definition) is 4. The fourth-order valence-corrected chi connectivity index (χ4v) is 1.68. The van der Waals surface area contributed by atoms with Crippen LogP contribution in [0.15, 0.2) is 24.3 Å². The molecule has 0 aromatic heterocycles. The Balaban J connectivity index is 2.72. The number of rotatable bonds is 7. The average molecular weight is 283 g/mol. The Hall–Kier alpha value is -1.95. The van der Waals surface area contributed by atoms with Gasteiger partial charge in [-0.05, 0) is 30.7 Å². The summed E-state index contributed by atoms with van der Waals surface area (Å²) in [7, 11) is 1.28.